The number of thiazole rings is 1. The Balaban J connectivity index is 0.000000673. The van der Waals surface area contributed by atoms with E-state index in [1.807, 2.05) is 25.7 Å². The van der Waals surface area contributed by atoms with Gasteiger partial charge in [0.05, 0.1) is 28.3 Å². The van der Waals surface area contributed by atoms with Crippen LogP contribution in [0.25, 0.3) is 10.2 Å². The van der Waals surface area contributed by atoms with Crippen LogP contribution in [0.2, 0.25) is 0 Å². The number of carboxylic acid groups (broad SMARTS) is 1. The summed E-state index contributed by atoms with van der Waals surface area (Å²) in [6.07, 6.45) is -5.08. The minimum atomic E-state index is -5.08. The van der Waals surface area contributed by atoms with E-state index in [1.54, 1.807) is 42.5 Å². The van der Waals surface area contributed by atoms with Crippen molar-refractivity contribution in [2.24, 2.45) is 11.1 Å². The van der Waals surface area contributed by atoms with Crippen LogP contribution >= 0.6 is 11.3 Å². The molecule has 0 saturated heterocycles. The monoisotopic (exact) mass is 568 g/mol. The van der Waals surface area contributed by atoms with Crippen LogP contribution in [0.1, 0.15) is 36.7 Å². The number of esters is 2. The number of methoxy groups -OCH3 is 1. The number of amidine groups is 1. The third-order valence-corrected chi connectivity index (χ3v) is 6.29. The summed E-state index contributed by atoms with van der Waals surface area (Å²) in [4.78, 5) is 40.3. The molecule has 1 aromatic heterocycles. The molecule has 3 rings (SSSR count). The number of nitrogen functional groups attached to an aromatic ring is 1. The summed E-state index contributed by atoms with van der Waals surface area (Å²) in [5, 5.41) is 15.3. The van der Waals surface area contributed by atoms with E-state index >= 15 is 0 Å². The number of carbonyl (C=O) groups excluding carboxylic acids is 2. The zero-order chi connectivity index (χ0) is 29.5. The molecule has 0 aliphatic carbocycles. The summed E-state index contributed by atoms with van der Waals surface area (Å²) >= 11 is 1.45. The van der Waals surface area contributed by atoms with Gasteiger partial charge in [0.2, 0.25) is 0 Å². The molecule has 1 heterocycles. The van der Waals surface area contributed by atoms with Crippen molar-refractivity contribution < 1.29 is 42.1 Å². The van der Waals surface area contributed by atoms with Crippen molar-refractivity contribution >= 4 is 50.4 Å². The Morgan fingerprint density at radius 2 is 1.67 bits per heavy atom. The smallest absolute Gasteiger partial charge is 0.475 e. The number of hydrogen-bond donors (Lipinski definition) is 3. The van der Waals surface area contributed by atoms with E-state index < -0.39 is 23.5 Å². The Bertz CT molecular complexity index is 1360. The third kappa shape index (κ3) is 8.40. The van der Waals surface area contributed by atoms with Gasteiger partial charge in [0.15, 0.2) is 5.13 Å². The maximum atomic E-state index is 12.6. The molecule has 3 aromatic rings. The highest BCUT2D eigenvalue weighted by molar-refractivity contribution is 7.22. The summed E-state index contributed by atoms with van der Waals surface area (Å²) < 4.78 is 42.9. The van der Waals surface area contributed by atoms with Crippen LogP contribution in [0.5, 0.6) is 5.75 Å². The van der Waals surface area contributed by atoms with Gasteiger partial charge in [-0.2, -0.15) is 13.2 Å². The number of aromatic nitrogens is 1. The number of benzene rings is 2. The fourth-order valence-electron chi connectivity index (χ4n) is 3.18. The molecule has 0 aliphatic heterocycles. The van der Waals surface area contributed by atoms with Crippen molar-refractivity contribution in [1.29, 1.82) is 5.41 Å². The molecule has 0 atom stereocenters. The average molecular weight is 569 g/mol. The molecule has 0 fully saturated rings. The lowest BCUT2D eigenvalue weighted by Gasteiger charge is -2.29. The molecule has 14 heteroatoms. The first-order chi connectivity index (χ1) is 18.1. The van der Waals surface area contributed by atoms with Crippen molar-refractivity contribution in [3.05, 3.63) is 53.6 Å². The Morgan fingerprint density at radius 3 is 2.15 bits per heavy atom. The number of aliphatic carboxylic acids is 1. The summed E-state index contributed by atoms with van der Waals surface area (Å²) in [7, 11) is 1.39. The number of nitrogens with zero attached hydrogens (tertiary/aromatic N) is 2. The van der Waals surface area contributed by atoms with Crippen LogP contribution in [0.15, 0.2) is 42.5 Å². The number of fused-ring (bicyclic) bond motifs is 1. The Kier molecular flexibility index (Phi) is 9.99. The fraction of sp³-hybridized carbons (Fsp3) is 0.320. The number of hydrogen-bond acceptors (Lipinski definition) is 9. The highest BCUT2D eigenvalue weighted by atomic mass is 32.1. The number of nitrogens with one attached hydrogen (secondary N) is 1. The normalized spacial score (nSPS) is 11.3. The molecule has 0 amide bonds. The molecule has 0 radical (unpaired) electrons. The standard InChI is InChI=1S/C23H26N4O4S.C2HF3O2/c1-5-27(13-23(2,3)21(29)30-4)22-26-17-11-8-15(12-18(17)32-22)20(28)31-16-9-6-14(7-10-16)19(24)25;3-2(4,5)1(6)7/h6-12H,5,13H2,1-4H3,(H3,24,25);(H,6,7). The number of rotatable bonds is 8. The highest BCUT2D eigenvalue weighted by Gasteiger charge is 2.38. The van der Waals surface area contributed by atoms with Gasteiger partial charge in [-0.25, -0.2) is 14.6 Å². The number of halogens is 3. The second-order valence-electron chi connectivity index (χ2n) is 8.70. The Labute approximate surface area is 225 Å². The molecule has 2 aromatic carbocycles. The maximum absolute atomic E-state index is 12.6. The number of carboxylic acids is 1. The lowest BCUT2D eigenvalue weighted by molar-refractivity contribution is -0.192. The molecule has 0 unspecified atom stereocenters. The van der Waals surface area contributed by atoms with Gasteiger partial charge in [-0.05, 0) is 63.2 Å². The van der Waals surface area contributed by atoms with Gasteiger partial charge in [0.25, 0.3) is 0 Å². The van der Waals surface area contributed by atoms with Crippen molar-refractivity contribution in [2.75, 3.05) is 25.1 Å². The minimum absolute atomic E-state index is 0.0505. The van der Waals surface area contributed by atoms with E-state index in [0.717, 1.165) is 15.3 Å². The Hall–Kier alpha value is -4.20. The van der Waals surface area contributed by atoms with E-state index in [-0.39, 0.29) is 11.8 Å². The van der Waals surface area contributed by atoms with Crippen LogP contribution in [0.3, 0.4) is 0 Å². The van der Waals surface area contributed by atoms with Crippen LogP contribution in [-0.2, 0) is 14.3 Å². The molecule has 210 valence electrons. The highest BCUT2D eigenvalue weighted by Crippen LogP contribution is 2.32. The number of ether oxygens (including phenoxy) is 2. The molecule has 0 bridgehead atoms. The van der Waals surface area contributed by atoms with E-state index in [4.69, 9.17) is 30.5 Å². The fourth-order valence-corrected chi connectivity index (χ4v) is 4.24. The van der Waals surface area contributed by atoms with Crippen LogP contribution in [0, 0.1) is 10.8 Å². The van der Waals surface area contributed by atoms with Gasteiger partial charge in [-0.3, -0.25) is 10.2 Å². The second kappa shape index (κ2) is 12.6. The van der Waals surface area contributed by atoms with Gasteiger partial charge in [0, 0.05) is 18.7 Å². The van der Waals surface area contributed by atoms with Crippen LogP contribution in [0.4, 0.5) is 18.3 Å². The molecule has 10 nitrogen and oxygen atoms in total. The molecule has 39 heavy (non-hydrogen) atoms. The first-order valence-electron chi connectivity index (χ1n) is 11.3. The van der Waals surface area contributed by atoms with Crippen molar-refractivity contribution in [3.8, 4) is 5.75 Å². The van der Waals surface area contributed by atoms with Crippen molar-refractivity contribution in [1.82, 2.24) is 4.98 Å². The van der Waals surface area contributed by atoms with E-state index in [2.05, 4.69) is 4.98 Å². The number of nitrogens with two attached hydrogens (primary N) is 1. The van der Waals surface area contributed by atoms with Crippen LogP contribution in [-0.4, -0.2) is 60.2 Å². The quantitative estimate of drug-likeness (QED) is 0.155. The molecule has 0 spiro atoms. The lowest BCUT2D eigenvalue weighted by atomic mass is 9.93. The number of alkyl halides is 3. The zero-order valence-corrected chi connectivity index (χ0v) is 22.3. The van der Waals surface area contributed by atoms with E-state index in [9.17, 15) is 22.8 Å². The number of carbonyl (C=O) groups is 3. The maximum Gasteiger partial charge on any atom is 0.490 e. The topological polar surface area (TPSA) is 156 Å². The van der Waals surface area contributed by atoms with Gasteiger partial charge in [-0.1, -0.05) is 11.3 Å². The molecule has 4 N–H and O–H groups in total. The van der Waals surface area contributed by atoms with Gasteiger partial charge in [-0.15, -0.1) is 0 Å². The van der Waals surface area contributed by atoms with Crippen LogP contribution < -0.4 is 15.4 Å². The predicted octanol–water partition coefficient (Wildman–Crippen LogP) is 4.46. The summed E-state index contributed by atoms with van der Waals surface area (Å²) in [5.74, 6) is -3.21. The summed E-state index contributed by atoms with van der Waals surface area (Å²) in [5.41, 5.74) is 6.48. The molecule has 0 saturated carbocycles. The lowest BCUT2D eigenvalue weighted by Crippen LogP contribution is -2.40. The number of anilines is 1. The zero-order valence-electron chi connectivity index (χ0n) is 21.5. The van der Waals surface area contributed by atoms with Crippen molar-refractivity contribution in [3.63, 3.8) is 0 Å². The van der Waals surface area contributed by atoms with Crippen molar-refractivity contribution in [2.45, 2.75) is 26.9 Å². The first-order valence-corrected chi connectivity index (χ1v) is 12.1. The minimum Gasteiger partial charge on any atom is -0.475 e. The van der Waals surface area contributed by atoms with E-state index in [1.165, 1.54) is 18.4 Å². The van der Waals surface area contributed by atoms with Gasteiger partial charge >= 0.3 is 24.1 Å². The molecular formula is C25H27F3N4O6S. The van der Waals surface area contributed by atoms with E-state index in [0.29, 0.717) is 30.0 Å². The SMILES string of the molecule is CCN(CC(C)(C)C(=O)OC)c1nc2ccc(C(=O)Oc3ccc(C(=N)N)cc3)cc2s1.O=C(O)C(F)(F)F. The third-order valence-electron chi connectivity index (χ3n) is 5.21. The molecule has 0 aliphatic rings. The second-order valence-corrected chi connectivity index (χ2v) is 9.71. The Morgan fingerprint density at radius 1 is 1.10 bits per heavy atom. The summed E-state index contributed by atoms with van der Waals surface area (Å²) in [6.45, 7) is 6.81. The van der Waals surface area contributed by atoms with Gasteiger partial charge in [0.1, 0.15) is 11.6 Å². The summed E-state index contributed by atoms with van der Waals surface area (Å²) in [6, 6.07) is 11.6. The largest absolute Gasteiger partial charge is 0.490 e. The first kappa shape index (κ1) is 31.0. The van der Waals surface area contributed by atoms with Gasteiger partial charge < -0.3 is 25.2 Å². The predicted molar refractivity (Wildman–Crippen MR) is 139 cm³/mol. The molecular weight excluding hydrogens is 541 g/mol. The average Bonchev–Trinajstić information content (AvgIpc) is 3.30.